The number of nitrogens with zero attached hydrogens (tertiary/aromatic N) is 2. The predicted octanol–water partition coefficient (Wildman–Crippen LogP) is 3.60. The smallest absolute Gasteiger partial charge is 0.279 e. The molecule has 1 heterocycles. The molecule has 0 aromatic heterocycles. The van der Waals surface area contributed by atoms with E-state index in [1.165, 1.54) is 4.90 Å². The van der Waals surface area contributed by atoms with E-state index < -0.39 is 17.4 Å². The molecule has 2 aromatic rings. The van der Waals surface area contributed by atoms with Gasteiger partial charge in [-0.1, -0.05) is 67.8 Å². The monoisotopic (exact) mass is 402 g/mol. The zero-order valence-corrected chi connectivity index (χ0v) is 16.5. The normalized spacial score (nSPS) is 32.0. The molecule has 2 amide bonds. The fourth-order valence-corrected chi connectivity index (χ4v) is 6.76. The van der Waals surface area contributed by atoms with E-state index in [4.69, 9.17) is 0 Å². The summed E-state index contributed by atoms with van der Waals surface area (Å²) in [5.74, 6) is -2.54. The van der Waals surface area contributed by atoms with Gasteiger partial charge in [-0.25, -0.2) is 0 Å². The molecule has 30 heavy (non-hydrogen) atoms. The summed E-state index contributed by atoms with van der Waals surface area (Å²) in [6, 6.07) is 14.5. The first-order valence-electron chi connectivity index (χ1n) is 10.8. The van der Waals surface area contributed by atoms with Crippen LogP contribution in [0.25, 0.3) is 0 Å². The quantitative estimate of drug-likeness (QED) is 0.437. The third-order valence-electron chi connectivity index (χ3n) is 7.84. The van der Waals surface area contributed by atoms with Gasteiger partial charge in [0.15, 0.2) is 0 Å². The number of rotatable bonds is 2. The van der Waals surface area contributed by atoms with Crippen molar-refractivity contribution in [1.82, 2.24) is 4.90 Å². The minimum atomic E-state index is -1.71. The van der Waals surface area contributed by atoms with Crippen molar-refractivity contribution in [1.29, 1.82) is 0 Å². The average Bonchev–Trinajstić information content (AvgIpc) is 3.05. The van der Waals surface area contributed by atoms with Crippen molar-refractivity contribution in [2.75, 3.05) is 0 Å². The van der Waals surface area contributed by atoms with Gasteiger partial charge in [-0.3, -0.25) is 24.6 Å². The number of carbonyl (C=O) groups is 2. The highest BCUT2D eigenvalue weighted by molar-refractivity contribution is 6.08. The summed E-state index contributed by atoms with van der Waals surface area (Å²) in [5.41, 5.74) is 1.09. The lowest BCUT2D eigenvalue weighted by atomic mass is 9.51. The standard InChI is InChI=1S/C24H22N2O4/c27-22-20-19-15-10-4-6-12-17(15)24(26(29)30,18-13-7-5-11-16(18)19)21(20)23(28)25(22)14-8-2-1-3-9-14/h4-7,10-14,19-21H,1-3,8-9H2/t19?,20-,21+,24?/m1/s1. The van der Waals surface area contributed by atoms with Gasteiger partial charge in [-0.05, 0) is 24.0 Å². The average molecular weight is 402 g/mol. The summed E-state index contributed by atoms with van der Waals surface area (Å²) in [6.07, 6.45) is 4.68. The highest BCUT2D eigenvalue weighted by Crippen LogP contribution is 2.64. The van der Waals surface area contributed by atoms with Crippen molar-refractivity contribution in [3.05, 3.63) is 80.9 Å². The van der Waals surface area contributed by atoms with Crippen LogP contribution in [0.5, 0.6) is 0 Å². The molecule has 2 atom stereocenters. The van der Waals surface area contributed by atoms with Crippen LogP contribution in [-0.4, -0.2) is 27.7 Å². The van der Waals surface area contributed by atoms with E-state index in [1.54, 1.807) is 24.3 Å². The number of likely N-dealkylation sites (tertiary alicyclic amines) is 1. The first kappa shape index (κ1) is 17.8. The molecule has 152 valence electrons. The molecule has 0 N–H and O–H groups in total. The maximum Gasteiger partial charge on any atom is 0.284 e. The van der Waals surface area contributed by atoms with Crippen LogP contribution >= 0.6 is 0 Å². The van der Waals surface area contributed by atoms with Crippen LogP contribution in [0.4, 0.5) is 0 Å². The summed E-state index contributed by atoms with van der Waals surface area (Å²) >= 11 is 0. The SMILES string of the molecule is O=C1[C@@H]2C3c4ccccc4C([N+](=O)[O-])(c4ccccc43)[C@@H]2C(=O)N1C1CCCCC1. The molecular formula is C24H22N2O4. The second-order valence-corrected chi connectivity index (χ2v) is 9.02. The van der Waals surface area contributed by atoms with Crippen LogP contribution in [-0.2, 0) is 15.1 Å². The Morgan fingerprint density at radius 2 is 1.43 bits per heavy atom. The van der Waals surface area contributed by atoms with Gasteiger partial charge in [-0.15, -0.1) is 0 Å². The Bertz CT molecular complexity index is 1060. The van der Waals surface area contributed by atoms with Gasteiger partial charge in [0.05, 0.1) is 5.92 Å². The Balaban J connectivity index is 1.63. The lowest BCUT2D eigenvalue weighted by Gasteiger charge is -2.48. The fraction of sp³-hybridized carbons (Fsp3) is 0.417. The van der Waals surface area contributed by atoms with Crippen LogP contribution in [0.15, 0.2) is 48.5 Å². The fourth-order valence-electron chi connectivity index (χ4n) is 6.76. The zero-order valence-electron chi connectivity index (χ0n) is 16.5. The molecule has 6 heteroatoms. The van der Waals surface area contributed by atoms with E-state index in [1.807, 2.05) is 24.3 Å². The molecule has 2 bridgehead atoms. The molecule has 0 radical (unpaired) electrons. The molecule has 2 fully saturated rings. The number of hydrogen-bond donors (Lipinski definition) is 0. The Morgan fingerprint density at radius 1 is 0.867 bits per heavy atom. The number of carbonyl (C=O) groups excluding carboxylic acids is 2. The summed E-state index contributed by atoms with van der Waals surface area (Å²) in [4.78, 5) is 41.5. The number of imide groups is 1. The molecule has 7 rings (SSSR count). The van der Waals surface area contributed by atoms with E-state index in [-0.39, 0.29) is 28.7 Å². The molecule has 1 aliphatic heterocycles. The van der Waals surface area contributed by atoms with Crippen LogP contribution in [0.2, 0.25) is 0 Å². The number of nitro groups is 1. The molecule has 2 aromatic carbocycles. The first-order valence-corrected chi connectivity index (χ1v) is 10.8. The van der Waals surface area contributed by atoms with E-state index in [0.29, 0.717) is 11.1 Å². The van der Waals surface area contributed by atoms with Crippen molar-refractivity contribution in [2.45, 2.75) is 49.6 Å². The number of benzene rings is 2. The minimum absolute atomic E-state index is 0.126. The highest BCUT2D eigenvalue weighted by Gasteiger charge is 2.75. The largest absolute Gasteiger partial charge is 0.284 e. The zero-order chi connectivity index (χ0) is 20.6. The molecule has 0 spiro atoms. The van der Waals surface area contributed by atoms with Gasteiger partial charge in [0.25, 0.3) is 5.54 Å². The van der Waals surface area contributed by atoms with Gasteiger partial charge in [0.1, 0.15) is 5.92 Å². The lowest BCUT2D eigenvalue weighted by molar-refractivity contribution is -0.578. The Kier molecular flexibility index (Phi) is 3.56. The van der Waals surface area contributed by atoms with Gasteiger partial charge >= 0.3 is 0 Å². The lowest BCUT2D eigenvalue weighted by Crippen LogP contribution is -2.57. The summed E-state index contributed by atoms with van der Waals surface area (Å²) < 4.78 is 0. The maximum absolute atomic E-state index is 13.8. The minimum Gasteiger partial charge on any atom is -0.279 e. The number of amides is 2. The van der Waals surface area contributed by atoms with Crippen molar-refractivity contribution in [3.8, 4) is 0 Å². The molecule has 0 unspecified atom stereocenters. The van der Waals surface area contributed by atoms with Crippen molar-refractivity contribution < 1.29 is 14.5 Å². The first-order chi connectivity index (χ1) is 14.6. The van der Waals surface area contributed by atoms with Gasteiger partial charge in [-0.2, -0.15) is 0 Å². The van der Waals surface area contributed by atoms with Crippen molar-refractivity contribution >= 4 is 11.8 Å². The second-order valence-electron chi connectivity index (χ2n) is 9.02. The van der Waals surface area contributed by atoms with Crippen LogP contribution < -0.4 is 0 Å². The summed E-state index contributed by atoms with van der Waals surface area (Å²) in [6.45, 7) is 0. The Hall–Kier alpha value is -3.02. The molecule has 5 aliphatic rings. The van der Waals surface area contributed by atoms with E-state index in [0.717, 1.165) is 43.2 Å². The molecule has 4 aliphatic carbocycles. The molecule has 1 saturated heterocycles. The van der Waals surface area contributed by atoms with Gasteiger partial charge < -0.3 is 0 Å². The Labute approximate surface area is 174 Å². The van der Waals surface area contributed by atoms with Crippen molar-refractivity contribution in [3.63, 3.8) is 0 Å². The third kappa shape index (κ3) is 1.90. The van der Waals surface area contributed by atoms with Gasteiger partial charge in [0.2, 0.25) is 11.8 Å². The van der Waals surface area contributed by atoms with E-state index >= 15 is 0 Å². The van der Waals surface area contributed by atoms with Crippen LogP contribution in [0.3, 0.4) is 0 Å². The van der Waals surface area contributed by atoms with E-state index in [9.17, 15) is 19.7 Å². The third-order valence-corrected chi connectivity index (χ3v) is 7.84. The molecule has 1 saturated carbocycles. The van der Waals surface area contributed by atoms with Gasteiger partial charge in [0, 0.05) is 28.0 Å². The molecule has 6 nitrogen and oxygen atoms in total. The van der Waals surface area contributed by atoms with Crippen LogP contribution in [0.1, 0.15) is 60.3 Å². The van der Waals surface area contributed by atoms with E-state index in [2.05, 4.69) is 0 Å². The topological polar surface area (TPSA) is 80.5 Å². The Morgan fingerprint density at radius 3 is 2.00 bits per heavy atom. The highest BCUT2D eigenvalue weighted by atomic mass is 16.6. The molecular weight excluding hydrogens is 380 g/mol. The second kappa shape index (κ2) is 6.00. The van der Waals surface area contributed by atoms with Crippen LogP contribution in [0, 0.1) is 22.0 Å². The summed E-state index contributed by atoms with van der Waals surface area (Å²) in [7, 11) is 0. The maximum atomic E-state index is 13.8. The summed E-state index contributed by atoms with van der Waals surface area (Å²) in [5, 5.41) is 12.9. The van der Waals surface area contributed by atoms with Crippen molar-refractivity contribution in [2.24, 2.45) is 11.8 Å². The predicted molar refractivity (Wildman–Crippen MR) is 108 cm³/mol. The number of hydrogen-bond acceptors (Lipinski definition) is 4.